The fourth-order valence-corrected chi connectivity index (χ4v) is 3.31. The van der Waals surface area contributed by atoms with Crippen LogP contribution in [0.4, 0.5) is 0 Å². The van der Waals surface area contributed by atoms with E-state index in [1.165, 1.54) is 6.92 Å². The Kier molecular flexibility index (Phi) is 4.55. The second-order valence-corrected chi connectivity index (χ2v) is 5.36. The molecule has 0 N–H and O–H groups in total. The smallest absolute Gasteiger partial charge is 0.350 e. The van der Waals surface area contributed by atoms with Crippen LogP contribution in [0.25, 0.3) is 0 Å². The molecule has 4 atom stereocenters. The largest absolute Gasteiger partial charge is 0.468 e. The average molecular weight is 346 g/mol. The van der Waals surface area contributed by atoms with Gasteiger partial charge in [-0.3, -0.25) is 14.3 Å². The van der Waals surface area contributed by atoms with Crippen molar-refractivity contribution in [3.63, 3.8) is 0 Å². The van der Waals surface area contributed by atoms with Crippen molar-refractivity contribution in [2.45, 2.75) is 18.5 Å². The van der Waals surface area contributed by atoms with Crippen molar-refractivity contribution < 1.29 is 47.6 Å². The van der Waals surface area contributed by atoms with Gasteiger partial charge in [-0.05, 0) is 0 Å². The Labute approximate surface area is 137 Å². The molecule has 24 heavy (non-hydrogen) atoms. The van der Waals surface area contributed by atoms with Gasteiger partial charge in [-0.2, -0.15) is 0 Å². The van der Waals surface area contributed by atoms with Gasteiger partial charge in [-0.1, -0.05) is 6.92 Å². The molecule has 134 valence electrons. The highest BCUT2D eigenvalue weighted by molar-refractivity contribution is 6.05. The quantitative estimate of drug-likeness (QED) is 0.355. The Bertz CT molecular complexity index is 568. The molecule has 0 aromatic heterocycles. The fraction of sp³-hybridized carbons (Fsp3) is 0.714. The molecule has 10 nitrogen and oxygen atoms in total. The second kappa shape index (κ2) is 6.02. The van der Waals surface area contributed by atoms with Crippen molar-refractivity contribution in [3.05, 3.63) is 0 Å². The summed E-state index contributed by atoms with van der Waals surface area (Å²) in [5.74, 6) is -9.68. The number of hydrogen-bond acceptors (Lipinski definition) is 10. The maximum Gasteiger partial charge on any atom is 0.350 e. The number of esters is 4. The molecule has 2 aliphatic heterocycles. The number of fused-ring (bicyclic) bond motifs is 1. The summed E-state index contributed by atoms with van der Waals surface area (Å²) in [5, 5.41) is 0. The summed E-state index contributed by atoms with van der Waals surface area (Å²) in [5.41, 5.74) is -2.25. The standard InChI is InChI=1S/C14H18O10/c1-6-8-7(9(15)19-2)10(16)23-14(8,22-5)24-13(6,11(17)20-3)12(18)21-4/h6-8H,1-5H3. The molecule has 2 rings (SSSR count). The predicted octanol–water partition coefficient (Wildman–Crippen LogP) is -1.00. The van der Waals surface area contributed by atoms with Gasteiger partial charge in [0.05, 0.1) is 27.2 Å². The summed E-state index contributed by atoms with van der Waals surface area (Å²) in [4.78, 5) is 48.7. The van der Waals surface area contributed by atoms with Crippen LogP contribution in [0, 0.1) is 17.8 Å². The topological polar surface area (TPSA) is 124 Å². The molecule has 2 heterocycles. The van der Waals surface area contributed by atoms with Crippen LogP contribution in [0.5, 0.6) is 0 Å². The molecular formula is C14H18O10. The summed E-state index contributed by atoms with van der Waals surface area (Å²) in [6, 6.07) is 0. The van der Waals surface area contributed by atoms with Crippen molar-refractivity contribution in [3.8, 4) is 0 Å². The highest BCUT2D eigenvalue weighted by atomic mass is 16.9. The van der Waals surface area contributed by atoms with Crippen LogP contribution in [0.3, 0.4) is 0 Å². The van der Waals surface area contributed by atoms with Crippen molar-refractivity contribution in [2.24, 2.45) is 17.8 Å². The van der Waals surface area contributed by atoms with E-state index < -0.39 is 53.2 Å². The monoisotopic (exact) mass is 346 g/mol. The number of methoxy groups -OCH3 is 4. The van der Waals surface area contributed by atoms with Crippen LogP contribution in [-0.4, -0.2) is 63.9 Å². The minimum Gasteiger partial charge on any atom is -0.468 e. The van der Waals surface area contributed by atoms with E-state index in [9.17, 15) is 19.2 Å². The van der Waals surface area contributed by atoms with E-state index in [2.05, 4.69) is 14.2 Å². The molecule has 2 aliphatic rings. The predicted molar refractivity (Wildman–Crippen MR) is 71.8 cm³/mol. The van der Waals surface area contributed by atoms with Crippen LogP contribution in [0.15, 0.2) is 0 Å². The zero-order valence-electron chi connectivity index (χ0n) is 13.8. The van der Waals surface area contributed by atoms with Gasteiger partial charge in [0.1, 0.15) is 0 Å². The molecule has 10 heteroatoms. The Morgan fingerprint density at radius 2 is 1.54 bits per heavy atom. The molecule has 4 unspecified atom stereocenters. The first-order valence-corrected chi connectivity index (χ1v) is 6.98. The third-order valence-electron chi connectivity index (χ3n) is 4.46. The van der Waals surface area contributed by atoms with Crippen LogP contribution in [-0.2, 0) is 47.6 Å². The summed E-state index contributed by atoms with van der Waals surface area (Å²) >= 11 is 0. The lowest BCUT2D eigenvalue weighted by Crippen LogP contribution is -2.54. The molecular weight excluding hydrogens is 328 g/mol. The minimum absolute atomic E-state index is 0.898. The van der Waals surface area contributed by atoms with Gasteiger partial charge in [0, 0.05) is 13.0 Å². The summed E-state index contributed by atoms with van der Waals surface area (Å²) in [6.07, 6.45) is 0. The van der Waals surface area contributed by atoms with Crippen molar-refractivity contribution in [1.82, 2.24) is 0 Å². The van der Waals surface area contributed by atoms with E-state index in [-0.39, 0.29) is 0 Å². The molecule has 2 saturated heterocycles. The van der Waals surface area contributed by atoms with Crippen molar-refractivity contribution in [1.29, 1.82) is 0 Å². The van der Waals surface area contributed by atoms with Gasteiger partial charge in [0.25, 0.3) is 5.60 Å². The Hall–Kier alpha value is -2.20. The van der Waals surface area contributed by atoms with E-state index in [0.717, 1.165) is 28.4 Å². The summed E-state index contributed by atoms with van der Waals surface area (Å²) < 4.78 is 29.6. The third-order valence-corrected chi connectivity index (χ3v) is 4.46. The normalized spacial score (nSPS) is 33.4. The second-order valence-electron chi connectivity index (χ2n) is 5.36. The maximum absolute atomic E-state index is 12.3. The molecule has 0 saturated carbocycles. The van der Waals surface area contributed by atoms with Gasteiger partial charge in [0.15, 0.2) is 5.92 Å². The Morgan fingerprint density at radius 1 is 1.00 bits per heavy atom. The number of rotatable bonds is 4. The number of carbonyl (C=O) groups is 4. The highest BCUT2D eigenvalue weighted by Crippen LogP contribution is 2.56. The summed E-state index contributed by atoms with van der Waals surface area (Å²) in [7, 11) is 4.36. The average Bonchev–Trinajstić information content (AvgIpc) is 3.01. The van der Waals surface area contributed by atoms with Crippen LogP contribution >= 0.6 is 0 Å². The van der Waals surface area contributed by atoms with Gasteiger partial charge < -0.3 is 23.7 Å². The zero-order chi connectivity index (χ0) is 18.3. The lowest BCUT2D eigenvalue weighted by molar-refractivity contribution is -0.352. The van der Waals surface area contributed by atoms with E-state index >= 15 is 0 Å². The van der Waals surface area contributed by atoms with Crippen LogP contribution in [0.1, 0.15) is 6.92 Å². The highest BCUT2D eigenvalue weighted by Gasteiger charge is 2.78. The number of ether oxygens (including phenoxy) is 6. The molecule has 0 aromatic rings. The summed E-state index contributed by atoms with van der Waals surface area (Å²) in [6.45, 7) is 1.43. The first-order valence-electron chi connectivity index (χ1n) is 6.98. The molecule has 0 radical (unpaired) electrons. The van der Waals surface area contributed by atoms with E-state index in [1.54, 1.807) is 0 Å². The van der Waals surface area contributed by atoms with Gasteiger partial charge >= 0.3 is 29.9 Å². The molecule has 0 spiro atoms. The minimum atomic E-state index is -2.25. The van der Waals surface area contributed by atoms with Gasteiger partial charge in [-0.15, -0.1) is 0 Å². The first kappa shape index (κ1) is 18.1. The molecule has 0 aliphatic carbocycles. The van der Waals surface area contributed by atoms with Crippen molar-refractivity contribution >= 4 is 23.9 Å². The van der Waals surface area contributed by atoms with Gasteiger partial charge in [-0.25, -0.2) is 9.59 Å². The van der Waals surface area contributed by atoms with Gasteiger partial charge in [0.2, 0.25) is 0 Å². The molecule has 0 bridgehead atoms. The number of carbonyl (C=O) groups excluding carboxylic acids is 4. The Morgan fingerprint density at radius 3 is 1.96 bits per heavy atom. The van der Waals surface area contributed by atoms with Crippen LogP contribution in [0.2, 0.25) is 0 Å². The van der Waals surface area contributed by atoms with Crippen molar-refractivity contribution in [2.75, 3.05) is 28.4 Å². The third kappa shape index (κ3) is 2.09. The SMILES string of the molecule is COC(=O)C1C(=O)OC2(OC)OC(C(=O)OC)(C(=O)OC)C(C)C12. The molecule has 0 aromatic carbocycles. The lowest BCUT2D eigenvalue weighted by Gasteiger charge is -2.29. The maximum atomic E-state index is 12.3. The first-order chi connectivity index (χ1) is 11.3. The number of hydrogen-bond donors (Lipinski definition) is 0. The fourth-order valence-electron chi connectivity index (χ4n) is 3.31. The lowest BCUT2D eigenvalue weighted by atomic mass is 9.76. The van der Waals surface area contributed by atoms with E-state index in [0.29, 0.717) is 0 Å². The van der Waals surface area contributed by atoms with Crippen LogP contribution < -0.4 is 0 Å². The molecule has 0 amide bonds. The van der Waals surface area contributed by atoms with E-state index in [4.69, 9.17) is 14.2 Å². The Balaban J connectivity index is 2.60. The van der Waals surface area contributed by atoms with E-state index in [1.807, 2.05) is 0 Å². The molecule has 2 fully saturated rings. The zero-order valence-corrected chi connectivity index (χ0v) is 13.8.